The molecular weight excluding hydrogens is 240 g/mol. The number of likely N-dealkylation sites (N-methyl/N-ethyl adjacent to an activating group) is 1. The Morgan fingerprint density at radius 1 is 1.53 bits per heavy atom. The van der Waals surface area contributed by atoms with Gasteiger partial charge in [-0.15, -0.1) is 0 Å². The number of rotatable bonds is 6. The number of hydrogen-bond donors (Lipinski definition) is 1. The third-order valence-corrected chi connectivity index (χ3v) is 3.53. The molecule has 1 amide bonds. The zero-order chi connectivity index (χ0) is 13.8. The van der Waals surface area contributed by atoms with Crippen molar-refractivity contribution < 1.29 is 9.53 Å². The second-order valence-electron chi connectivity index (χ2n) is 5.23. The Morgan fingerprint density at radius 2 is 2.26 bits per heavy atom. The number of nitrogens with zero attached hydrogens (tertiary/aromatic N) is 1. The molecule has 1 fully saturated rings. The maximum absolute atomic E-state index is 12.0. The van der Waals surface area contributed by atoms with Crippen LogP contribution in [0.2, 0.25) is 0 Å². The fourth-order valence-corrected chi connectivity index (χ4v) is 1.95. The first kappa shape index (κ1) is 13.9. The van der Waals surface area contributed by atoms with E-state index in [1.807, 2.05) is 43.1 Å². The lowest BCUT2D eigenvalue weighted by atomic mass is 10.1. The quantitative estimate of drug-likeness (QED) is 0.850. The van der Waals surface area contributed by atoms with E-state index in [2.05, 4.69) is 5.32 Å². The summed E-state index contributed by atoms with van der Waals surface area (Å²) in [5.41, 5.74) is 1.15. The smallest absolute Gasteiger partial charge is 0.237 e. The predicted molar refractivity (Wildman–Crippen MR) is 75.1 cm³/mol. The summed E-state index contributed by atoms with van der Waals surface area (Å²) < 4.78 is 5.21. The van der Waals surface area contributed by atoms with Gasteiger partial charge < -0.3 is 10.1 Å². The molecule has 104 valence electrons. The summed E-state index contributed by atoms with van der Waals surface area (Å²) in [6, 6.07) is 8.24. The van der Waals surface area contributed by atoms with E-state index in [4.69, 9.17) is 4.74 Å². The normalized spacial score (nSPS) is 16.2. The second-order valence-corrected chi connectivity index (χ2v) is 5.23. The Kier molecular flexibility index (Phi) is 4.43. The maximum atomic E-state index is 12.0. The second kappa shape index (κ2) is 6.06. The van der Waals surface area contributed by atoms with Gasteiger partial charge in [0.25, 0.3) is 0 Å². The number of ether oxygens (including phenoxy) is 1. The van der Waals surface area contributed by atoms with Crippen LogP contribution in [0.25, 0.3) is 0 Å². The van der Waals surface area contributed by atoms with Gasteiger partial charge in [-0.05, 0) is 44.5 Å². The number of carbonyl (C=O) groups is 1. The molecule has 1 saturated carbocycles. The molecule has 1 N–H and O–H groups in total. The first-order valence-corrected chi connectivity index (χ1v) is 6.73. The van der Waals surface area contributed by atoms with E-state index >= 15 is 0 Å². The van der Waals surface area contributed by atoms with Crippen molar-refractivity contribution in [1.82, 2.24) is 10.2 Å². The van der Waals surface area contributed by atoms with Gasteiger partial charge in [-0.1, -0.05) is 12.1 Å². The number of nitrogens with one attached hydrogen (secondary N) is 1. The highest BCUT2D eigenvalue weighted by molar-refractivity contribution is 5.81. The number of benzene rings is 1. The third kappa shape index (κ3) is 3.96. The molecule has 0 spiro atoms. The van der Waals surface area contributed by atoms with Crippen LogP contribution in [-0.4, -0.2) is 37.0 Å². The van der Waals surface area contributed by atoms with Gasteiger partial charge in [0.1, 0.15) is 5.75 Å². The van der Waals surface area contributed by atoms with Crippen LogP contribution in [0.15, 0.2) is 24.3 Å². The summed E-state index contributed by atoms with van der Waals surface area (Å²) in [6.45, 7) is 2.67. The van der Waals surface area contributed by atoms with E-state index in [0.717, 1.165) is 30.7 Å². The molecule has 1 atom stereocenters. The molecule has 0 aliphatic heterocycles. The van der Waals surface area contributed by atoms with Crippen LogP contribution in [0.4, 0.5) is 0 Å². The number of hydrogen-bond acceptors (Lipinski definition) is 3. The van der Waals surface area contributed by atoms with Gasteiger partial charge in [0.15, 0.2) is 0 Å². The molecule has 0 bridgehead atoms. The Hall–Kier alpha value is -1.55. The lowest BCUT2D eigenvalue weighted by Crippen LogP contribution is -2.43. The van der Waals surface area contributed by atoms with Crippen molar-refractivity contribution in [3.05, 3.63) is 29.8 Å². The van der Waals surface area contributed by atoms with E-state index in [9.17, 15) is 4.79 Å². The summed E-state index contributed by atoms with van der Waals surface area (Å²) in [5.74, 6) is 0.967. The molecule has 0 aromatic heterocycles. The Labute approximate surface area is 114 Å². The highest BCUT2D eigenvalue weighted by Gasteiger charge is 2.27. The topological polar surface area (TPSA) is 41.6 Å². The van der Waals surface area contributed by atoms with Crippen molar-refractivity contribution in [1.29, 1.82) is 0 Å². The molecule has 1 aliphatic rings. The van der Waals surface area contributed by atoms with Gasteiger partial charge >= 0.3 is 0 Å². The molecule has 0 heterocycles. The summed E-state index contributed by atoms with van der Waals surface area (Å²) >= 11 is 0. The predicted octanol–water partition coefficient (Wildman–Crippen LogP) is 1.79. The molecule has 0 unspecified atom stereocenters. The van der Waals surface area contributed by atoms with E-state index in [1.165, 1.54) is 0 Å². The standard InChI is InChI=1S/C15H22N2O2/c1-11(15(18)16-13-7-8-13)17(2)10-12-5-4-6-14(9-12)19-3/h4-6,9,11,13H,7-8,10H2,1-3H3,(H,16,18)/t11-/m0/s1. The van der Waals surface area contributed by atoms with Crippen LogP contribution in [-0.2, 0) is 11.3 Å². The zero-order valence-corrected chi connectivity index (χ0v) is 11.8. The molecule has 4 nitrogen and oxygen atoms in total. The highest BCUT2D eigenvalue weighted by Crippen LogP contribution is 2.19. The maximum Gasteiger partial charge on any atom is 0.237 e. The summed E-state index contributed by atoms with van der Waals surface area (Å²) in [7, 11) is 3.63. The first-order chi connectivity index (χ1) is 9.10. The van der Waals surface area contributed by atoms with Gasteiger partial charge in [0, 0.05) is 12.6 Å². The van der Waals surface area contributed by atoms with Crippen molar-refractivity contribution in [3.63, 3.8) is 0 Å². The molecule has 1 aromatic carbocycles. The number of methoxy groups -OCH3 is 1. The SMILES string of the molecule is COc1cccc(CN(C)[C@@H](C)C(=O)NC2CC2)c1. The Morgan fingerprint density at radius 3 is 2.89 bits per heavy atom. The first-order valence-electron chi connectivity index (χ1n) is 6.73. The monoisotopic (exact) mass is 262 g/mol. The van der Waals surface area contributed by atoms with Gasteiger partial charge in [-0.2, -0.15) is 0 Å². The summed E-state index contributed by atoms with van der Waals surface area (Å²) in [6.07, 6.45) is 2.25. The molecular formula is C15H22N2O2. The lowest BCUT2D eigenvalue weighted by molar-refractivity contribution is -0.125. The van der Waals surface area contributed by atoms with Crippen LogP contribution in [0.3, 0.4) is 0 Å². The molecule has 0 saturated heterocycles. The van der Waals surface area contributed by atoms with Crippen LogP contribution in [0.1, 0.15) is 25.3 Å². The fourth-order valence-electron chi connectivity index (χ4n) is 1.95. The van der Waals surface area contributed by atoms with Crippen LogP contribution in [0.5, 0.6) is 5.75 Å². The van der Waals surface area contributed by atoms with Crippen molar-refractivity contribution >= 4 is 5.91 Å². The minimum atomic E-state index is -0.119. The summed E-state index contributed by atoms with van der Waals surface area (Å²) in [4.78, 5) is 14.0. The average molecular weight is 262 g/mol. The lowest BCUT2D eigenvalue weighted by Gasteiger charge is -2.24. The van der Waals surface area contributed by atoms with Gasteiger partial charge in [0.05, 0.1) is 13.2 Å². The van der Waals surface area contributed by atoms with Crippen LogP contribution in [0, 0.1) is 0 Å². The third-order valence-electron chi connectivity index (χ3n) is 3.53. The van der Waals surface area contributed by atoms with Gasteiger partial charge in [-0.25, -0.2) is 0 Å². The molecule has 1 aromatic rings. The molecule has 2 rings (SSSR count). The Bertz CT molecular complexity index is 444. The minimum Gasteiger partial charge on any atom is -0.497 e. The molecule has 4 heteroatoms. The molecule has 19 heavy (non-hydrogen) atoms. The molecule has 0 radical (unpaired) electrons. The van der Waals surface area contributed by atoms with Gasteiger partial charge in [-0.3, -0.25) is 9.69 Å². The zero-order valence-electron chi connectivity index (χ0n) is 11.8. The average Bonchev–Trinajstić information content (AvgIpc) is 3.21. The van der Waals surface area contributed by atoms with Crippen molar-refractivity contribution in [2.75, 3.05) is 14.2 Å². The van der Waals surface area contributed by atoms with Crippen molar-refractivity contribution in [3.8, 4) is 5.75 Å². The summed E-state index contributed by atoms with van der Waals surface area (Å²) in [5, 5.41) is 3.04. The van der Waals surface area contributed by atoms with Crippen molar-refractivity contribution in [2.24, 2.45) is 0 Å². The largest absolute Gasteiger partial charge is 0.497 e. The highest BCUT2D eigenvalue weighted by atomic mass is 16.5. The Balaban J connectivity index is 1.90. The van der Waals surface area contributed by atoms with E-state index in [1.54, 1.807) is 7.11 Å². The van der Waals surface area contributed by atoms with Crippen LogP contribution >= 0.6 is 0 Å². The number of carbonyl (C=O) groups excluding carboxylic acids is 1. The van der Waals surface area contributed by atoms with E-state index < -0.39 is 0 Å². The minimum absolute atomic E-state index is 0.118. The fraction of sp³-hybridized carbons (Fsp3) is 0.533. The number of amides is 1. The van der Waals surface area contributed by atoms with Gasteiger partial charge in [0.2, 0.25) is 5.91 Å². The van der Waals surface area contributed by atoms with E-state index in [0.29, 0.717) is 6.04 Å². The molecule has 1 aliphatic carbocycles. The van der Waals surface area contributed by atoms with E-state index in [-0.39, 0.29) is 11.9 Å². The van der Waals surface area contributed by atoms with Crippen molar-refractivity contribution in [2.45, 2.75) is 38.4 Å². The van der Waals surface area contributed by atoms with Crippen LogP contribution < -0.4 is 10.1 Å².